The highest BCUT2D eigenvalue weighted by Crippen LogP contribution is 2.08. The molecule has 4 heteroatoms. The maximum atomic E-state index is 10.6. The number of nitrogens with zero attached hydrogens (tertiary/aromatic N) is 1. The Morgan fingerprint density at radius 2 is 1.91 bits per heavy atom. The third-order valence-electron chi connectivity index (χ3n) is 1.36. The fourth-order valence-corrected chi connectivity index (χ4v) is 0.736. The van der Waals surface area contributed by atoms with E-state index in [2.05, 4.69) is 0 Å². The van der Waals surface area contributed by atoms with Crippen molar-refractivity contribution in [3.63, 3.8) is 0 Å². The normalized spacial score (nSPS) is 23.3. The maximum absolute atomic E-state index is 10.6. The summed E-state index contributed by atoms with van der Waals surface area (Å²) in [7, 11) is 1.36. The van der Waals surface area contributed by atoms with Crippen molar-refractivity contribution in [2.75, 3.05) is 7.05 Å². The lowest BCUT2D eigenvalue weighted by molar-refractivity contribution is -0.139. The van der Waals surface area contributed by atoms with Gasteiger partial charge in [-0.25, -0.2) is 0 Å². The quantitative estimate of drug-likeness (QED) is 0.496. The predicted molar refractivity (Wildman–Crippen MR) is 39.7 cm³/mol. The van der Waals surface area contributed by atoms with Gasteiger partial charge in [-0.3, -0.25) is 14.5 Å². The SMILES string of the molecule is CC.CN1C(=O)CC(O)C1=O. The van der Waals surface area contributed by atoms with Crippen molar-refractivity contribution >= 4 is 11.8 Å². The van der Waals surface area contributed by atoms with Crippen molar-refractivity contribution in [2.24, 2.45) is 0 Å². The van der Waals surface area contributed by atoms with Gasteiger partial charge in [0.05, 0.1) is 6.42 Å². The van der Waals surface area contributed by atoms with Gasteiger partial charge in [0.2, 0.25) is 5.91 Å². The van der Waals surface area contributed by atoms with Crippen LogP contribution in [0.2, 0.25) is 0 Å². The van der Waals surface area contributed by atoms with Crippen LogP contribution in [-0.4, -0.2) is 35.0 Å². The van der Waals surface area contributed by atoms with E-state index in [0.29, 0.717) is 0 Å². The zero-order chi connectivity index (χ0) is 9.02. The van der Waals surface area contributed by atoms with Crippen LogP contribution in [0.4, 0.5) is 0 Å². The van der Waals surface area contributed by atoms with Crippen molar-refractivity contribution < 1.29 is 14.7 Å². The molecule has 1 unspecified atom stereocenters. The topological polar surface area (TPSA) is 57.6 Å². The van der Waals surface area contributed by atoms with Crippen molar-refractivity contribution in [1.29, 1.82) is 0 Å². The van der Waals surface area contributed by atoms with Crippen LogP contribution in [0, 0.1) is 0 Å². The Balaban J connectivity index is 0.000000461. The van der Waals surface area contributed by atoms with Gasteiger partial charge in [-0.05, 0) is 0 Å². The molecule has 0 aromatic heterocycles. The molecule has 1 aliphatic rings. The molecule has 2 amide bonds. The summed E-state index contributed by atoms with van der Waals surface area (Å²) in [6, 6.07) is 0. The molecule has 1 saturated heterocycles. The number of likely N-dealkylation sites (tertiary alicyclic amines) is 1. The molecule has 1 N–H and O–H groups in total. The largest absolute Gasteiger partial charge is 0.383 e. The first-order chi connectivity index (χ1) is 5.13. The van der Waals surface area contributed by atoms with E-state index in [4.69, 9.17) is 5.11 Å². The van der Waals surface area contributed by atoms with Gasteiger partial charge in [0.25, 0.3) is 5.91 Å². The lowest BCUT2D eigenvalue weighted by Gasteiger charge is -2.02. The molecule has 1 rings (SSSR count). The van der Waals surface area contributed by atoms with Crippen LogP contribution in [-0.2, 0) is 9.59 Å². The first-order valence-electron chi connectivity index (χ1n) is 3.61. The number of rotatable bonds is 0. The van der Waals surface area contributed by atoms with E-state index in [1.807, 2.05) is 13.8 Å². The molecule has 1 aliphatic heterocycles. The van der Waals surface area contributed by atoms with Gasteiger partial charge >= 0.3 is 0 Å². The number of hydrogen-bond acceptors (Lipinski definition) is 3. The van der Waals surface area contributed by atoms with Crippen LogP contribution < -0.4 is 0 Å². The second-order valence-corrected chi connectivity index (χ2v) is 2.01. The number of imide groups is 1. The van der Waals surface area contributed by atoms with E-state index in [1.165, 1.54) is 7.05 Å². The van der Waals surface area contributed by atoms with Crippen molar-refractivity contribution in [1.82, 2.24) is 4.90 Å². The molecule has 1 heterocycles. The number of aliphatic hydroxyl groups is 1. The van der Waals surface area contributed by atoms with Gasteiger partial charge in [-0.15, -0.1) is 0 Å². The Morgan fingerprint density at radius 3 is 2.00 bits per heavy atom. The minimum atomic E-state index is -1.09. The molecule has 0 radical (unpaired) electrons. The monoisotopic (exact) mass is 159 g/mol. The Bertz CT molecular complexity index is 167. The zero-order valence-electron chi connectivity index (χ0n) is 7.00. The molecule has 0 aromatic rings. The van der Waals surface area contributed by atoms with Gasteiger partial charge in [0.15, 0.2) is 0 Å². The number of carbonyl (C=O) groups is 2. The molecule has 0 aliphatic carbocycles. The Morgan fingerprint density at radius 1 is 1.45 bits per heavy atom. The second kappa shape index (κ2) is 4.08. The average Bonchev–Trinajstić information content (AvgIpc) is 2.22. The van der Waals surface area contributed by atoms with Gasteiger partial charge in [-0.1, -0.05) is 13.8 Å². The van der Waals surface area contributed by atoms with Gasteiger partial charge in [-0.2, -0.15) is 0 Å². The Kier molecular flexibility index (Phi) is 3.74. The van der Waals surface area contributed by atoms with E-state index in [0.717, 1.165) is 4.90 Å². The first kappa shape index (κ1) is 10.1. The summed E-state index contributed by atoms with van der Waals surface area (Å²) in [6.45, 7) is 4.00. The molecule has 4 nitrogen and oxygen atoms in total. The zero-order valence-corrected chi connectivity index (χ0v) is 7.00. The molecule has 0 saturated carbocycles. The van der Waals surface area contributed by atoms with Crippen LogP contribution in [0.5, 0.6) is 0 Å². The predicted octanol–water partition coefficient (Wildman–Crippen LogP) is -0.238. The number of amides is 2. The minimum Gasteiger partial charge on any atom is -0.383 e. The van der Waals surface area contributed by atoms with E-state index in [-0.39, 0.29) is 12.3 Å². The summed E-state index contributed by atoms with van der Waals surface area (Å²) in [5.74, 6) is -0.812. The third kappa shape index (κ3) is 2.01. The smallest absolute Gasteiger partial charge is 0.258 e. The standard InChI is InChI=1S/C5H7NO3.C2H6/c1-6-4(8)2-3(7)5(6)9;1-2/h3,7H,2H2,1H3;1-2H3. The van der Waals surface area contributed by atoms with E-state index in [9.17, 15) is 9.59 Å². The molecule has 0 bridgehead atoms. The van der Waals surface area contributed by atoms with E-state index < -0.39 is 12.0 Å². The molecule has 11 heavy (non-hydrogen) atoms. The lowest BCUT2D eigenvalue weighted by Crippen LogP contribution is -2.27. The molecule has 1 atom stereocenters. The summed E-state index contributed by atoms with van der Waals surface area (Å²) in [5, 5.41) is 8.73. The summed E-state index contributed by atoms with van der Waals surface area (Å²) >= 11 is 0. The van der Waals surface area contributed by atoms with Gasteiger partial charge in [0, 0.05) is 7.05 Å². The maximum Gasteiger partial charge on any atom is 0.258 e. The first-order valence-corrected chi connectivity index (χ1v) is 3.61. The number of carbonyl (C=O) groups excluding carboxylic acids is 2. The summed E-state index contributed by atoms with van der Waals surface area (Å²) in [5.41, 5.74) is 0. The van der Waals surface area contributed by atoms with Crippen molar-refractivity contribution in [3.05, 3.63) is 0 Å². The lowest BCUT2D eigenvalue weighted by atomic mass is 10.3. The highest BCUT2D eigenvalue weighted by atomic mass is 16.3. The second-order valence-electron chi connectivity index (χ2n) is 2.01. The molecular weight excluding hydrogens is 146 g/mol. The van der Waals surface area contributed by atoms with Crippen LogP contribution in [0.25, 0.3) is 0 Å². The minimum absolute atomic E-state index is 0.0602. The Hall–Kier alpha value is -0.900. The van der Waals surface area contributed by atoms with Crippen LogP contribution in [0.1, 0.15) is 20.3 Å². The third-order valence-corrected chi connectivity index (χ3v) is 1.36. The summed E-state index contributed by atoms with van der Waals surface area (Å²) in [4.78, 5) is 22.0. The molecule has 64 valence electrons. The molecule has 0 spiro atoms. The van der Waals surface area contributed by atoms with Gasteiger partial charge in [0.1, 0.15) is 6.10 Å². The fraction of sp³-hybridized carbons (Fsp3) is 0.714. The fourth-order valence-electron chi connectivity index (χ4n) is 0.736. The average molecular weight is 159 g/mol. The number of hydrogen-bond donors (Lipinski definition) is 1. The van der Waals surface area contributed by atoms with E-state index >= 15 is 0 Å². The van der Waals surface area contributed by atoms with Gasteiger partial charge < -0.3 is 5.11 Å². The number of likely N-dealkylation sites (N-methyl/N-ethyl adjacent to an activating group) is 1. The number of aliphatic hydroxyl groups excluding tert-OH is 1. The highest BCUT2D eigenvalue weighted by molar-refractivity contribution is 6.04. The Labute approximate surface area is 65.8 Å². The highest BCUT2D eigenvalue weighted by Gasteiger charge is 2.33. The van der Waals surface area contributed by atoms with E-state index in [1.54, 1.807) is 0 Å². The van der Waals surface area contributed by atoms with Crippen LogP contribution in [0.3, 0.4) is 0 Å². The van der Waals surface area contributed by atoms with Crippen molar-refractivity contribution in [3.8, 4) is 0 Å². The summed E-state index contributed by atoms with van der Waals surface area (Å²) in [6.07, 6.45) is -1.16. The van der Waals surface area contributed by atoms with Crippen LogP contribution >= 0.6 is 0 Å². The molecule has 1 fully saturated rings. The summed E-state index contributed by atoms with van der Waals surface area (Å²) < 4.78 is 0. The molecular formula is C7H13NO3. The van der Waals surface area contributed by atoms with Crippen molar-refractivity contribution in [2.45, 2.75) is 26.4 Å². The molecule has 0 aromatic carbocycles. The van der Waals surface area contributed by atoms with Crippen LogP contribution in [0.15, 0.2) is 0 Å².